The van der Waals surface area contributed by atoms with Crippen molar-refractivity contribution >= 4 is 5.91 Å². The van der Waals surface area contributed by atoms with E-state index in [-0.39, 0.29) is 11.9 Å². The molecule has 2 atom stereocenters. The molecule has 1 aliphatic carbocycles. The summed E-state index contributed by atoms with van der Waals surface area (Å²) in [7, 11) is 0. The second-order valence-electron chi connectivity index (χ2n) is 4.39. The van der Waals surface area contributed by atoms with Crippen molar-refractivity contribution in [1.29, 1.82) is 0 Å². The average molecular weight is 222 g/mol. The van der Waals surface area contributed by atoms with Crippen molar-refractivity contribution in [3.8, 4) is 0 Å². The van der Waals surface area contributed by atoms with Crippen LogP contribution in [0.1, 0.15) is 36.2 Å². The second-order valence-corrected chi connectivity index (χ2v) is 4.39. The Balaban J connectivity index is 1.80. The van der Waals surface area contributed by atoms with Crippen molar-refractivity contribution in [2.45, 2.75) is 31.7 Å². The van der Waals surface area contributed by atoms with E-state index in [4.69, 9.17) is 5.73 Å². The van der Waals surface area contributed by atoms with Crippen molar-refractivity contribution in [2.24, 2.45) is 11.7 Å². The van der Waals surface area contributed by atoms with Crippen molar-refractivity contribution in [1.82, 2.24) is 15.5 Å². The fourth-order valence-electron chi connectivity index (χ4n) is 2.19. The lowest BCUT2D eigenvalue weighted by molar-refractivity contribution is 0.0936. The molecule has 4 N–H and O–H groups in total. The summed E-state index contributed by atoms with van der Waals surface area (Å²) in [5.41, 5.74) is 6.52. The number of hydrogen-bond donors (Lipinski definition) is 3. The summed E-state index contributed by atoms with van der Waals surface area (Å²) >= 11 is 0. The van der Waals surface area contributed by atoms with Gasteiger partial charge < -0.3 is 11.1 Å². The lowest BCUT2D eigenvalue weighted by Crippen LogP contribution is -2.41. The quantitative estimate of drug-likeness (QED) is 0.702. The topological polar surface area (TPSA) is 83.8 Å². The molecule has 5 heteroatoms. The van der Waals surface area contributed by atoms with E-state index in [2.05, 4.69) is 15.5 Å². The van der Waals surface area contributed by atoms with Gasteiger partial charge in [-0.3, -0.25) is 9.89 Å². The third-order valence-electron chi connectivity index (χ3n) is 3.24. The van der Waals surface area contributed by atoms with E-state index in [0.29, 0.717) is 18.2 Å². The van der Waals surface area contributed by atoms with Crippen LogP contribution in [0.2, 0.25) is 0 Å². The smallest absolute Gasteiger partial charge is 0.269 e. The highest BCUT2D eigenvalue weighted by atomic mass is 16.1. The molecule has 0 saturated heterocycles. The number of nitrogens with two attached hydrogens (primary N) is 1. The molecule has 0 radical (unpaired) electrons. The van der Waals surface area contributed by atoms with E-state index in [0.717, 1.165) is 12.8 Å². The van der Waals surface area contributed by atoms with E-state index < -0.39 is 0 Å². The monoisotopic (exact) mass is 222 g/mol. The molecule has 2 unspecified atom stereocenters. The van der Waals surface area contributed by atoms with E-state index >= 15 is 0 Å². The van der Waals surface area contributed by atoms with Crippen molar-refractivity contribution in [2.75, 3.05) is 6.54 Å². The van der Waals surface area contributed by atoms with Crippen molar-refractivity contribution < 1.29 is 4.79 Å². The standard InChI is InChI=1S/C11H18N4O/c12-9-4-2-1-3-8(9)7-13-11(16)10-5-6-14-15-10/h5-6,8-9H,1-4,7,12H2,(H,13,16)(H,14,15). The summed E-state index contributed by atoms with van der Waals surface area (Å²) in [6.45, 7) is 0.666. The SMILES string of the molecule is NC1CCCCC1CNC(=O)c1ccn[nH]1. The number of aromatic nitrogens is 2. The summed E-state index contributed by atoms with van der Waals surface area (Å²) in [6, 6.07) is 1.90. The maximum Gasteiger partial charge on any atom is 0.269 e. The molecule has 1 aromatic heterocycles. The van der Waals surface area contributed by atoms with E-state index in [1.165, 1.54) is 12.8 Å². The number of rotatable bonds is 3. The minimum absolute atomic E-state index is 0.102. The summed E-state index contributed by atoms with van der Waals surface area (Å²) < 4.78 is 0. The predicted molar refractivity (Wildman–Crippen MR) is 60.9 cm³/mol. The van der Waals surface area contributed by atoms with Gasteiger partial charge in [-0.15, -0.1) is 0 Å². The molecule has 5 nitrogen and oxygen atoms in total. The Morgan fingerprint density at radius 1 is 1.56 bits per heavy atom. The number of nitrogens with zero attached hydrogens (tertiary/aromatic N) is 1. The van der Waals surface area contributed by atoms with Crippen LogP contribution < -0.4 is 11.1 Å². The van der Waals surface area contributed by atoms with E-state index in [9.17, 15) is 4.79 Å². The Hall–Kier alpha value is -1.36. The number of H-pyrrole nitrogens is 1. The Labute approximate surface area is 94.8 Å². The highest BCUT2D eigenvalue weighted by Gasteiger charge is 2.22. The first-order valence-corrected chi connectivity index (χ1v) is 5.80. The summed E-state index contributed by atoms with van der Waals surface area (Å²) in [5.74, 6) is 0.316. The molecule has 0 spiro atoms. The minimum Gasteiger partial charge on any atom is -0.350 e. The van der Waals surface area contributed by atoms with Gasteiger partial charge in [-0.25, -0.2) is 0 Å². The Bertz CT molecular complexity index is 336. The largest absolute Gasteiger partial charge is 0.350 e. The van der Waals surface area contributed by atoms with Gasteiger partial charge in [-0.1, -0.05) is 12.8 Å². The van der Waals surface area contributed by atoms with E-state index in [1.807, 2.05) is 0 Å². The van der Waals surface area contributed by atoms with Gasteiger partial charge >= 0.3 is 0 Å². The van der Waals surface area contributed by atoms with Crippen LogP contribution in [-0.4, -0.2) is 28.7 Å². The molecular weight excluding hydrogens is 204 g/mol. The van der Waals surface area contributed by atoms with Gasteiger partial charge in [0.25, 0.3) is 5.91 Å². The first-order valence-electron chi connectivity index (χ1n) is 5.80. The molecule has 16 heavy (non-hydrogen) atoms. The molecule has 2 rings (SSSR count). The molecule has 1 aliphatic rings. The van der Waals surface area contributed by atoms with Crippen LogP contribution in [0.4, 0.5) is 0 Å². The lowest BCUT2D eigenvalue weighted by atomic mass is 9.85. The van der Waals surface area contributed by atoms with Gasteiger partial charge in [0.05, 0.1) is 0 Å². The summed E-state index contributed by atoms with van der Waals surface area (Å²) in [6.07, 6.45) is 6.20. The first kappa shape index (κ1) is 11.1. The molecule has 88 valence electrons. The van der Waals surface area contributed by atoms with Crippen LogP contribution in [0.5, 0.6) is 0 Å². The van der Waals surface area contributed by atoms with Gasteiger partial charge in [0.2, 0.25) is 0 Å². The van der Waals surface area contributed by atoms with Crippen LogP contribution in [0.25, 0.3) is 0 Å². The molecule has 1 heterocycles. The predicted octanol–water partition coefficient (Wildman–Crippen LogP) is 0.657. The number of nitrogens with one attached hydrogen (secondary N) is 2. The van der Waals surface area contributed by atoms with Crippen LogP contribution in [-0.2, 0) is 0 Å². The highest BCUT2D eigenvalue weighted by molar-refractivity contribution is 5.92. The normalized spacial score (nSPS) is 25.3. The number of carbonyl (C=O) groups is 1. The first-order chi connectivity index (χ1) is 7.77. The Morgan fingerprint density at radius 2 is 2.38 bits per heavy atom. The molecule has 0 aliphatic heterocycles. The molecule has 0 aromatic carbocycles. The Morgan fingerprint density at radius 3 is 3.06 bits per heavy atom. The van der Waals surface area contributed by atoms with Gasteiger partial charge in [-0.05, 0) is 24.8 Å². The number of hydrogen-bond acceptors (Lipinski definition) is 3. The summed E-state index contributed by atoms with van der Waals surface area (Å²) in [4.78, 5) is 11.6. The fourth-order valence-corrected chi connectivity index (χ4v) is 2.19. The third-order valence-corrected chi connectivity index (χ3v) is 3.24. The second kappa shape index (κ2) is 5.12. The molecular formula is C11H18N4O. The van der Waals surface area contributed by atoms with Gasteiger partial charge in [-0.2, -0.15) is 5.10 Å². The zero-order chi connectivity index (χ0) is 11.4. The number of amides is 1. The van der Waals surface area contributed by atoms with Crippen LogP contribution in [0, 0.1) is 5.92 Å². The van der Waals surface area contributed by atoms with Gasteiger partial charge in [0.1, 0.15) is 5.69 Å². The zero-order valence-corrected chi connectivity index (χ0v) is 9.28. The van der Waals surface area contributed by atoms with Crippen molar-refractivity contribution in [3.05, 3.63) is 18.0 Å². The highest BCUT2D eigenvalue weighted by Crippen LogP contribution is 2.22. The van der Waals surface area contributed by atoms with Crippen LogP contribution in [0.3, 0.4) is 0 Å². The zero-order valence-electron chi connectivity index (χ0n) is 9.28. The molecule has 1 saturated carbocycles. The van der Waals surface area contributed by atoms with Crippen molar-refractivity contribution in [3.63, 3.8) is 0 Å². The maximum absolute atomic E-state index is 11.6. The van der Waals surface area contributed by atoms with E-state index in [1.54, 1.807) is 12.3 Å². The molecule has 1 aromatic rings. The minimum atomic E-state index is -0.102. The number of aromatic amines is 1. The van der Waals surface area contributed by atoms with Crippen LogP contribution >= 0.6 is 0 Å². The average Bonchev–Trinajstić information content (AvgIpc) is 2.81. The molecule has 1 amide bonds. The number of carbonyl (C=O) groups excluding carboxylic acids is 1. The van der Waals surface area contributed by atoms with Crippen LogP contribution in [0.15, 0.2) is 12.3 Å². The fraction of sp³-hybridized carbons (Fsp3) is 0.636. The molecule has 1 fully saturated rings. The molecule has 0 bridgehead atoms. The third kappa shape index (κ3) is 2.61. The van der Waals surface area contributed by atoms with Gasteiger partial charge in [0.15, 0.2) is 0 Å². The summed E-state index contributed by atoms with van der Waals surface area (Å²) in [5, 5.41) is 9.28. The Kier molecular flexibility index (Phi) is 3.56. The lowest BCUT2D eigenvalue weighted by Gasteiger charge is -2.28. The maximum atomic E-state index is 11.6. The van der Waals surface area contributed by atoms with Gasteiger partial charge in [0, 0.05) is 18.8 Å².